The molecule has 1 fully saturated rings. The van der Waals surface area contributed by atoms with Crippen molar-refractivity contribution in [3.63, 3.8) is 0 Å². The predicted octanol–water partition coefficient (Wildman–Crippen LogP) is 1.23. The standard InChI is InChI=1S/C14H15N3O2/c15-14(13(18)19)6-8-17(9-14)12-5-7-16-11-4-2-1-3-10(11)12/h1-5,7H,6,8-9,15H2,(H,18,19). The van der Waals surface area contributed by atoms with Crippen molar-refractivity contribution in [2.75, 3.05) is 18.0 Å². The fourth-order valence-electron chi connectivity index (χ4n) is 2.57. The van der Waals surface area contributed by atoms with Gasteiger partial charge in [0, 0.05) is 30.4 Å². The molecule has 19 heavy (non-hydrogen) atoms. The molecule has 0 spiro atoms. The lowest BCUT2D eigenvalue weighted by Crippen LogP contribution is -2.50. The van der Waals surface area contributed by atoms with Crippen LogP contribution in [0.3, 0.4) is 0 Å². The number of rotatable bonds is 2. The number of nitrogens with zero attached hydrogens (tertiary/aromatic N) is 2. The highest BCUT2D eigenvalue weighted by Gasteiger charge is 2.41. The summed E-state index contributed by atoms with van der Waals surface area (Å²) in [5, 5.41) is 10.2. The van der Waals surface area contributed by atoms with Crippen LogP contribution >= 0.6 is 0 Å². The summed E-state index contributed by atoms with van der Waals surface area (Å²) in [5.74, 6) is -0.937. The number of hydrogen-bond acceptors (Lipinski definition) is 4. The third-order valence-corrected chi connectivity index (χ3v) is 3.69. The number of pyridine rings is 1. The molecule has 98 valence electrons. The summed E-state index contributed by atoms with van der Waals surface area (Å²) < 4.78 is 0. The summed E-state index contributed by atoms with van der Waals surface area (Å²) in [6, 6.07) is 9.75. The Morgan fingerprint density at radius 1 is 1.37 bits per heavy atom. The number of aliphatic carboxylic acids is 1. The van der Waals surface area contributed by atoms with Crippen LogP contribution in [0.2, 0.25) is 0 Å². The Morgan fingerprint density at radius 2 is 2.16 bits per heavy atom. The molecular formula is C14H15N3O2. The third kappa shape index (κ3) is 1.92. The maximum atomic E-state index is 11.2. The van der Waals surface area contributed by atoms with Crippen molar-refractivity contribution in [1.29, 1.82) is 0 Å². The first-order chi connectivity index (χ1) is 9.10. The molecule has 2 heterocycles. The highest BCUT2D eigenvalue weighted by molar-refractivity contribution is 5.92. The number of nitrogens with two attached hydrogens (primary N) is 1. The molecule has 0 amide bonds. The second-order valence-corrected chi connectivity index (χ2v) is 4.98. The summed E-state index contributed by atoms with van der Waals surface area (Å²) >= 11 is 0. The molecule has 1 saturated heterocycles. The number of hydrogen-bond donors (Lipinski definition) is 2. The first-order valence-corrected chi connectivity index (χ1v) is 6.21. The number of carboxylic acid groups (broad SMARTS) is 1. The molecule has 0 aliphatic carbocycles. The van der Waals surface area contributed by atoms with Gasteiger partial charge in [0.05, 0.1) is 5.52 Å². The number of carbonyl (C=O) groups is 1. The lowest BCUT2D eigenvalue weighted by molar-refractivity contribution is -0.142. The zero-order chi connectivity index (χ0) is 13.5. The number of benzene rings is 1. The molecule has 0 radical (unpaired) electrons. The molecule has 1 aromatic carbocycles. The van der Waals surface area contributed by atoms with E-state index in [4.69, 9.17) is 5.73 Å². The molecule has 1 aliphatic heterocycles. The number of aromatic nitrogens is 1. The van der Waals surface area contributed by atoms with Crippen LogP contribution in [-0.2, 0) is 4.79 Å². The molecule has 5 heteroatoms. The lowest BCUT2D eigenvalue weighted by atomic mass is 10.0. The van der Waals surface area contributed by atoms with Crippen LogP contribution in [0, 0.1) is 0 Å². The minimum atomic E-state index is -1.15. The minimum absolute atomic E-state index is 0.330. The van der Waals surface area contributed by atoms with Crippen molar-refractivity contribution in [2.45, 2.75) is 12.0 Å². The van der Waals surface area contributed by atoms with Gasteiger partial charge in [0.15, 0.2) is 0 Å². The van der Waals surface area contributed by atoms with Gasteiger partial charge in [0.2, 0.25) is 0 Å². The highest BCUT2D eigenvalue weighted by Crippen LogP contribution is 2.30. The maximum absolute atomic E-state index is 11.2. The fraction of sp³-hybridized carbons (Fsp3) is 0.286. The van der Waals surface area contributed by atoms with Gasteiger partial charge in [0.1, 0.15) is 5.54 Å². The van der Waals surface area contributed by atoms with E-state index in [0.29, 0.717) is 19.5 Å². The largest absolute Gasteiger partial charge is 0.480 e. The van der Waals surface area contributed by atoms with Crippen LogP contribution in [0.5, 0.6) is 0 Å². The van der Waals surface area contributed by atoms with E-state index in [2.05, 4.69) is 4.98 Å². The summed E-state index contributed by atoms with van der Waals surface area (Å²) in [6.07, 6.45) is 2.20. The Bertz CT molecular complexity index is 638. The first-order valence-electron chi connectivity index (χ1n) is 6.21. The molecule has 1 unspecified atom stereocenters. The van der Waals surface area contributed by atoms with Gasteiger partial charge in [-0.2, -0.15) is 0 Å². The average Bonchev–Trinajstić information content (AvgIpc) is 2.82. The number of anilines is 1. The highest BCUT2D eigenvalue weighted by atomic mass is 16.4. The third-order valence-electron chi connectivity index (χ3n) is 3.69. The second kappa shape index (κ2) is 4.20. The molecule has 0 bridgehead atoms. The lowest BCUT2D eigenvalue weighted by Gasteiger charge is -2.22. The van der Waals surface area contributed by atoms with Gasteiger partial charge < -0.3 is 15.7 Å². The van der Waals surface area contributed by atoms with Crippen LogP contribution in [0.1, 0.15) is 6.42 Å². The van der Waals surface area contributed by atoms with E-state index in [1.54, 1.807) is 6.20 Å². The fourth-order valence-corrected chi connectivity index (χ4v) is 2.57. The molecule has 1 aromatic heterocycles. The van der Waals surface area contributed by atoms with E-state index in [1.165, 1.54) is 0 Å². The van der Waals surface area contributed by atoms with E-state index in [-0.39, 0.29) is 0 Å². The predicted molar refractivity (Wildman–Crippen MR) is 73.1 cm³/mol. The van der Waals surface area contributed by atoms with Crippen LogP contribution in [0.15, 0.2) is 36.5 Å². The molecule has 2 aromatic rings. The Labute approximate surface area is 110 Å². The molecule has 5 nitrogen and oxygen atoms in total. The van der Waals surface area contributed by atoms with Crippen molar-refractivity contribution >= 4 is 22.6 Å². The van der Waals surface area contributed by atoms with Gasteiger partial charge in [-0.3, -0.25) is 9.78 Å². The summed E-state index contributed by atoms with van der Waals surface area (Å²) in [7, 11) is 0. The van der Waals surface area contributed by atoms with Gasteiger partial charge in [0.25, 0.3) is 0 Å². The first kappa shape index (κ1) is 11.9. The normalized spacial score (nSPS) is 22.9. The molecule has 3 N–H and O–H groups in total. The van der Waals surface area contributed by atoms with Gasteiger partial charge in [-0.15, -0.1) is 0 Å². The van der Waals surface area contributed by atoms with Crippen LogP contribution in [0.25, 0.3) is 10.9 Å². The Morgan fingerprint density at radius 3 is 2.89 bits per heavy atom. The molecule has 3 rings (SSSR count). The smallest absolute Gasteiger partial charge is 0.325 e. The summed E-state index contributed by atoms with van der Waals surface area (Å²) in [5.41, 5.74) is 6.67. The van der Waals surface area contributed by atoms with E-state index < -0.39 is 11.5 Å². The Balaban J connectivity index is 2.01. The maximum Gasteiger partial charge on any atom is 0.325 e. The monoisotopic (exact) mass is 257 g/mol. The van der Waals surface area contributed by atoms with Crippen molar-refractivity contribution in [3.8, 4) is 0 Å². The van der Waals surface area contributed by atoms with Crippen LogP contribution < -0.4 is 10.6 Å². The Kier molecular flexibility index (Phi) is 2.64. The SMILES string of the molecule is NC1(C(=O)O)CCN(c2ccnc3ccccc23)C1. The zero-order valence-corrected chi connectivity index (χ0v) is 10.4. The van der Waals surface area contributed by atoms with E-state index in [0.717, 1.165) is 16.6 Å². The second-order valence-electron chi connectivity index (χ2n) is 4.98. The van der Waals surface area contributed by atoms with Crippen molar-refractivity contribution in [1.82, 2.24) is 4.98 Å². The summed E-state index contributed by atoms with van der Waals surface area (Å²) in [4.78, 5) is 17.5. The van der Waals surface area contributed by atoms with Gasteiger partial charge in [-0.25, -0.2) is 0 Å². The average molecular weight is 257 g/mol. The quantitative estimate of drug-likeness (QED) is 0.845. The number of carboxylic acids is 1. The van der Waals surface area contributed by atoms with Crippen molar-refractivity contribution < 1.29 is 9.90 Å². The topological polar surface area (TPSA) is 79.5 Å². The Hall–Kier alpha value is -2.14. The number of para-hydroxylation sites is 1. The van der Waals surface area contributed by atoms with Crippen molar-refractivity contribution in [3.05, 3.63) is 36.5 Å². The van der Waals surface area contributed by atoms with Gasteiger partial charge in [-0.05, 0) is 18.6 Å². The minimum Gasteiger partial charge on any atom is -0.480 e. The van der Waals surface area contributed by atoms with Crippen LogP contribution in [-0.4, -0.2) is 34.7 Å². The van der Waals surface area contributed by atoms with Gasteiger partial charge >= 0.3 is 5.97 Å². The van der Waals surface area contributed by atoms with Gasteiger partial charge in [-0.1, -0.05) is 18.2 Å². The number of fused-ring (bicyclic) bond motifs is 1. The molecule has 1 atom stereocenters. The van der Waals surface area contributed by atoms with E-state index in [9.17, 15) is 9.90 Å². The molecule has 1 aliphatic rings. The van der Waals surface area contributed by atoms with Crippen LogP contribution in [0.4, 0.5) is 5.69 Å². The van der Waals surface area contributed by atoms with Crippen molar-refractivity contribution in [2.24, 2.45) is 5.73 Å². The zero-order valence-electron chi connectivity index (χ0n) is 10.4. The molecular weight excluding hydrogens is 242 g/mol. The summed E-state index contributed by atoms with van der Waals surface area (Å²) in [6.45, 7) is 0.979. The molecule has 0 saturated carbocycles. The van der Waals surface area contributed by atoms with E-state index in [1.807, 2.05) is 35.2 Å². The van der Waals surface area contributed by atoms with E-state index >= 15 is 0 Å².